The summed E-state index contributed by atoms with van der Waals surface area (Å²) < 4.78 is 13.4. The number of nitrogens with one attached hydrogen (secondary N) is 3. The number of amides is 3. The minimum absolute atomic E-state index is 0.201. The second-order valence-corrected chi connectivity index (χ2v) is 10.2. The standard InChI is InChI=1S/C30H33FN4O2/c1-32-28(36)22-8-4-9-26(17-22)33-29(37)34-30(18-23-6-2-3-7-24(23)19-30)20-35-15-5-10-27(35)16-21-11-13-25(31)14-12-21/h2-4,6-9,11-14,17,27H,5,10,15-16,18-20H2,1H3,(H,32,36)(H2,33,34,37). The maximum Gasteiger partial charge on any atom is 0.319 e. The Hall–Kier alpha value is -3.71. The molecular formula is C30H33FN4O2. The van der Waals surface area contributed by atoms with Gasteiger partial charge in [-0.25, -0.2) is 9.18 Å². The van der Waals surface area contributed by atoms with Gasteiger partial charge >= 0.3 is 6.03 Å². The summed E-state index contributed by atoms with van der Waals surface area (Å²) in [7, 11) is 1.58. The monoisotopic (exact) mass is 500 g/mol. The predicted octanol–water partition coefficient (Wildman–Crippen LogP) is 4.55. The minimum atomic E-state index is -0.447. The van der Waals surface area contributed by atoms with Gasteiger partial charge < -0.3 is 16.0 Å². The molecule has 0 spiro atoms. The Morgan fingerprint density at radius 3 is 2.43 bits per heavy atom. The van der Waals surface area contributed by atoms with Gasteiger partial charge in [0, 0.05) is 30.9 Å². The van der Waals surface area contributed by atoms with Gasteiger partial charge in [0.15, 0.2) is 0 Å². The van der Waals surface area contributed by atoms with Gasteiger partial charge in [-0.1, -0.05) is 42.5 Å². The van der Waals surface area contributed by atoms with E-state index in [9.17, 15) is 14.0 Å². The number of anilines is 1. The highest BCUT2D eigenvalue weighted by Crippen LogP contribution is 2.33. The van der Waals surface area contributed by atoms with E-state index in [0.29, 0.717) is 17.3 Å². The third-order valence-corrected chi connectivity index (χ3v) is 7.55. The molecule has 0 saturated carbocycles. The molecule has 1 atom stereocenters. The van der Waals surface area contributed by atoms with Crippen LogP contribution in [0.25, 0.3) is 0 Å². The molecule has 1 heterocycles. The van der Waals surface area contributed by atoms with Crippen molar-refractivity contribution in [2.24, 2.45) is 0 Å². The molecule has 0 aromatic heterocycles. The Balaban J connectivity index is 1.33. The quantitative estimate of drug-likeness (QED) is 0.446. The predicted molar refractivity (Wildman–Crippen MR) is 143 cm³/mol. The summed E-state index contributed by atoms with van der Waals surface area (Å²) in [5.74, 6) is -0.418. The van der Waals surface area contributed by atoms with Crippen molar-refractivity contribution < 1.29 is 14.0 Å². The number of hydrogen-bond donors (Lipinski definition) is 3. The van der Waals surface area contributed by atoms with Crippen LogP contribution in [-0.4, -0.2) is 48.6 Å². The zero-order valence-corrected chi connectivity index (χ0v) is 21.1. The van der Waals surface area contributed by atoms with E-state index in [0.717, 1.165) is 50.8 Å². The minimum Gasteiger partial charge on any atom is -0.355 e. The average Bonchev–Trinajstić information content (AvgIpc) is 3.48. The number of urea groups is 1. The number of likely N-dealkylation sites (tertiary alicyclic amines) is 1. The van der Waals surface area contributed by atoms with Crippen LogP contribution in [0.2, 0.25) is 0 Å². The van der Waals surface area contributed by atoms with E-state index in [1.54, 1.807) is 31.3 Å². The van der Waals surface area contributed by atoms with Crippen molar-refractivity contribution in [1.29, 1.82) is 0 Å². The van der Waals surface area contributed by atoms with Crippen molar-refractivity contribution in [2.75, 3.05) is 25.5 Å². The average molecular weight is 501 g/mol. The fourth-order valence-electron chi connectivity index (χ4n) is 5.84. The fraction of sp³-hybridized carbons (Fsp3) is 0.333. The second kappa shape index (κ2) is 10.7. The first kappa shape index (κ1) is 25.0. The molecule has 37 heavy (non-hydrogen) atoms. The maximum atomic E-state index is 13.4. The highest BCUT2D eigenvalue weighted by Gasteiger charge is 2.42. The lowest BCUT2D eigenvalue weighted by Gasteiger charge is -2.37. The van der Waals surface area contributed by atoms with Crippen LogP contribution in [-0.2, 0) is 19.3 Å². The molecular weight excluding hydrogens is 467 g/mol. The number of rotatable bonds is 7. The number of halogens is 1. The summed E-state index contributed by atoms with van der Waals surface area (Å²) >= 11 is 0. The third kappa shape index (κ3) is 5.83. The maximum absolute atomic E-state index is 13.4. The van der Waals surface area contributed by atoms with Gasteiger partial charge in [0.25, 0.3) is 5.91 Å². The van der Waals surface area contributed by atoms with Crippen LogP contribution in [0.4, 0.5) is 14.9 Å². The van der Waals surface area contributed by atoms with Gasteiger partial charge in [0.1, 0.15) is 5.82 Å². The van der Waals surface area contributed by atoms with E-state index < -0.39 is 5.54 Å². The van der Waals surface area contributed by atoms with Gasteiger partial charge in [-0.3, -0.25) is 9.69 Å². The van der Waals surface area contributed by atoms with Crippen LogP contribution in [0.15, 0.2) is 72.8 Å². The van der Waals surface area contributed by atoms with Gasteiger partial charge in [-0.05, 0) is 85.7 Å². The third-order valence-electron chi connectivity index (χ3n) is 7.55. The van der Waals surface area contributed by atoms with Crippen molar-refractivity contribution in [3.63, 3.8) is 0 Å². The van der Waals surface area contributed by atoms with Crippen molar-refractivity contribution >= 4 is 17.6 Å². The van der Waals surface area contributed by atoms with Crippen molar-refractivity contribution in [1.82, 2.24) is 15.5 Å². The summed E-state index contributed by atoms with van der Waals surface area (Å²) in [5.41, 5.74) is 4.27. The first-order valence-electron chi connectivity index (χ1n) is 12.9. The summed E-state index contributed by atoms with van der Waals surface area (Å²) in [6, 6.07) is 22.1. The Morgan fingerprint density at radius 1 is 1.00 bits per heavy atom. The van der Waals surface area contributed by atoms with Crippen LogP contribution >= 0.6 is 0 Å². The van der Waals surface area contributed by atoms with E-state index in [1.807, 2.05) is 24.3 Å². The highest BCUT2D eigenvalue weighted by molar-refractivity contribution is 5.96. The Kier molecular flexibility index (Phi) is 7.24. The number of carbonyl (C=O) groups excluding carboxylic acids is 2. The van der Waals surface area contributed by atoms with Crippen LogP contribution < -0.4 is 16.0 Å². The molecule has 5 rings (SSSR count). The van der Waals surface area contributed by atoms with Gasteiger partial charge in [0.2, 0.25) is 0 Å². The molecule has 6 nitrogen and oxygen atoms in total. The zero-order chi connectivity index (χ0) is 25.8. The number of nitrogens with zero attached hydrogens (tertiary/aromatic N) is 1. The molecule has 3 amide bonds. The number of carbonyl (C=O) groups is 2. The van der Waals surface area contributed by atoms with Gasteiger partial charge in [0.05, 0.1) is 5.54 Å². The molecule has 0 bridgehead atoms. The van der Waals surface area contributed by atoms with E-state index >= 15 is 0 Å². The SMILES string of the molecule is CNC(=O)c1cccc(NC(=O)NC2(CN3CCCC3Cc3ccc(F)cc3)Cc3ccccc3C2)c1. The van der Waals surface area contributed by atoms with Crippen LogP contribution in [0.1, 0.15) is 39.9 Å². The second-order valence-electron chi connectivity index (χ2n) is 10.2. The molecule has 0 radical (unpaired) electrons. The summed E-state index contributed by atoms with van der Waals surface area (Å²) in [6.45, 7) is 1.71. The lowest BCUT2D eigenvalue weighted by molar-refractivity contribution is 0.0963. The molecule has 3 N–H and O–H groups in total. The molecule has 1 aliphatic carbocycles. The number of fused-ring (bicyclic) bond motifs is 1. The van der Waals surface area contributed by atoms with E-state index in [1.165, 1.54) is 23.3 Å². The lowest BCUT2D eigenvalue weighted by Crippen LogP contribution is -2.58. The molecule has 1 fully saturated rings. The van der Waals surface area contributed by atoms with E-state index in [-0.39, 0.29) is 17.8 Å². The van der Waals surface area contributed by atoms with Crippen molar-refractivity contribution in [3.05, 3.63) is 101 Å². The number of hydrogen-bond acceptors (Lipinski definition) is 3. The van der Waals surface area contributed by atoms with Gasteiger partial charge in [-0.15, -0.1) is 0 Å². The molecule has 3 aromatic rings. The molecule has 3 aromatic carbocycles. The largest absolute Gasteiger partial charge is 0.355 e. The molecule has 1 saturated heterocycles. The number of benzene rings is 3. The van der Waals surface area contributed by atoms with Gasteiger partial charge in [-0.2, -0.15) is 0 Å². The molecule has 1 unspecified atom stereocenters. The smallest absolute Gasteiger partial charge is 0.319 e. The van der Waals surface area contributed by atoms with Crippen molar-refractivity contribution in [3.8, 4) is 0 Å². The Bertz CT molecular complexity index is 1250. The first-order valence-corrected chi connectivity index (χ1v) is 12.9. The summed E-state index contributed by atoms with van der Waals surface area (Å²) in [6.07, 6.45) is 4.57. The first-order chi connectivity index (χ1) is 17.9. The molecule has 7 heteroatoms. The zero-order valence-electron chi connectivity index (χ0n) is 21.1. The Labute approximate surface area is 217 Å². The Morgan fingerprint density at radius 2 is 1.73 bits per heavy atom. The normalized spacial score (nSPS) is 18.3. The molecule has 192 valence electrons. The van der Waals surface area contributed by atoms with Crippen LogP contribution in [0, 0.1) is 5.82 Å². The topological polar surface area (TPSA) is 73.5 Å². The summed E-state index contributed by atoms with van der Waals surface area (Å²) in [5, 5.41) is 8.87. The highest BCUT2D eigenvalue weighted by atomic mass is 19.1. The van der Waals surface area contributed by atoms with Crippen LogP contribution in [0.3, 0.4) is 0 Å². The lowest BCUT2D eigenvalue weighted by atomic mass is 9.93. The molecule has 1 aliphatic heterocycles. The fourth-order valence-corrected chi connectivity index (χ4v) is 5.84. The van der Waals surface area contributed by atoms with Crippen LogP contribution in [0.5, 0.6) is 0 Å². The molecule has 2 aliphatic rings. The van der Waals surface area contributed by atoms with E-state index in [4.69, 9.17) is 0 Å². The summed E-state index contributed by atoms with van der Waals surface area (Å²) in [4.78, 5) is 27.8. The van der Waals surface area contributed by atoms with E-state index in [2.05, 4.69) is 33.0 Å². The van der Waals surface area contributed by atoms with Crippen molar-refractivity contribution in [2.45, 2.75) is 43.7 Å².